The van der Waals surface area contributed by atoms with Crippen LogP contribution in [0.2, 0.25) is 0 Å². The summed E-state index contributed by atoms with van der Waals surface area (Å²) >= 11 is 0. The van der Waals surface area contributed by atoms with Gasteiger partial charge < -0.3 is 5.73 Å². The molecule has 9 heavy (non-hydrogen) atoms. The Morgan fingerprint density at radius 3 is 3.00 bits per heavy atom. The molecule has 0 aliphatic heterocycles. The number of tetrazole rings is 1. The quantitative estimate of drug-likeness (QED) is 0.564. The minimum absolute atomic E-state index is 0.194. The summed E-state index contributed by atoms with van der Waals surface area (Å²) in [4.78, 5) is 0. The molecule has 1 rings (SSSR count). The highest BCUT2D eigenvalue weighted by Crippen LogP contribution is 1.95. The monoisotopic (exact) mass is 127 g/mol. The standard InChI is InChI=1S/C4H9N5/c1-4(2-5)9-3-6-7-8-9/h3-4H,2,5H2,1H3. The summed E-state index contributed by atoms with van der Waals surface area (Å²) in [6, 6.07) is 0.194. The normalized spacial score (nSPS) is 13.6. The van der Waals surface area contributed by atoms with E-state index in [0.29, 0.717) is 6.54 Å². The molecule has 0 bridgehead atoms. The van der Waals surface area contributed by atoms with Crippen LogP contribution in [0, 0.1) is 0 Å². The lowest BCUT2D eigenvalue weighted by Crippen LogP contribution is -2.16. The molecule has 2 N–H and O–H groups in total. The molecule has 5 nitrogen and oxygen atoms in total. The highest BCUT2D eigenvalue weighted by molar-refractivity contribution is 4.59. The van der Waals surface area contributed by atoms with Crippen LogP contribution in [-0.2, 0) is 0 Å². The van der Waals surface area contributed by atoms with Gasteiger partial charge in [0.1, 0.15) is 6.33 Å². The maximum Gasteiger partial charge on any atom is 0.138 e. The van der Waals surface area contributed by atoms with E-state index in [0.717, 1.165) is 0 Å². The van der Waals surface area contributed by atoms with Crippen LogP contribution in [0.1, 0.15) is 13.0 Å². The van der Waals surface area contributed by atoms with Crippen molar-refractivity contribution in [2.45, 2.75) is 13.0 Å². The lowest BCUT2D eigenvalue weighted by molar-refractivity contribution is 0.485. The molecule has 50 valence electrons. The van der Waals surface area contributed by atoms with Crippen molar-refractivity contribution >= 4 is 0 Å². The maximum absolute atomic E-state index is 5.35. The molecule has 1 heterocycles. The summed E-state index contributed by atoms with van der Waals surface area (Å²) in [5.74, 6) is 0. The molecule has 0 fully saturated rings. The zero-order valence-corrected chi connectivity index (χ0v) is 5.23. The predicted molar refractivity (Wildman–Crippen MR) is 31.6 cm³/mol. The largest absolute Gasteiger partial charge is 0.328 e. The van der Waals surface area contributed by atoms with Gasteiger partial charge in [-0.25, -0.2) is 4.68 Å². The van der Waals surface area contributed by atoms with E-state index in [-0.39, 0.29) is 6.04 Å². The number of hydrogen-bond acceptors (Lipinski definition) is 4. The first-order valence-corrected chi connectivity index (χ1v) is 2.77. The number of nitrogens with zero attached hydrogens (tertiary/aromatic N) is 4. The molecule has 1 aromatic heterocycles. The van der Waals surface area contributed by atoms with E-state index >= 15 is 0 Å². The van der Waals surface area contributed by atoms with Crippen LogP contribution < -0.4 is 5.73 Å². The zero-order chi connectivity index (χ0) is 6.69. The first-order chi connectivity index (χ1) is 4.34. The van der Waals surface area contributed by atoms with Gasteiger partial charge in [0.15, 0.2) is 0 Å². The van der Waals surface area contributed by atoms with Gasteiger partial charge in [-0.2, -0.15) is 0 Å². The molecule has 0 aliphatic carbocycles. The molecular formula is C4H9N5. The molecule has 0 saturated heterocycles. The van der Waals surface area contributed by atoms with Crippen LogP contribution in [0.4, 0.5) is 0 Å². The van der Waals surface area contributed by atoms with Crippen molar-refractivity contribution in [2.75, 3.05) is 6.54 Å². The summed E-state index contributed by atoms with van der Waals surface area (Å²) in [6.45, 7) is 2.52. The highest BCUT2D eigenvalue weighted by atomic mass is 15.5. The van der Waals surface area contributed by atoms with Gasteiger partial charge in [-0.3, -0.25) is 0 Å². The number of rotatable bonds is 2. The van der Waals surface area contributed by atoms with E-state index in [1.807, 2.05) is 6.92 Å². The average Bonchev–Trinajstić information content (AvgIpc) is 2.37. The Kier molecular flexibility index (Phi) is 1.74. The lowest BCUT2D eigenvalue weighted by atomic mass is 10.4. The second-order valence-electron chi connectivity index (χ2n) is 1.87. The van der Waals surface area contributed by atoms with Crippen molar-refractivity contribution in [1.29, 1.82) is 0 Å². The summed E-state index contributed by atoms with van der Waals surface area (Å²) in [7, 11) is 0. The van der Waals surface area contributed by atoms with Crippen molar-refractivity contribution in [1.82, 2.24) is 20.2 Å². The minimum atomic E-state index is 0.194. The molecule has 0 aromatic carbocycles. The van der Waals surface area contributed by atoms with Crippen molar-refractivity contribution in [3.8, 4) is 0 Å². The summed E-state index contributed by atoms with van der Waals surface area (Å²) in [5.41, 5.74) is 5.35. The highest BCUT2D eigenvalue weighted by Gasteiger charge is 2.00. The Labute approximate surface area is 52.8 Å². The van der Waals surface area contributed by atoms with Crippen LogP contribution in [0.25, 0.3) is 0 Å². The van der Waals surface area contributed by atoms with Gasteiger partial charge in [0, 0.05) is 6.54 Å². The van der Waals surface area contributed by atoms with Crippen LogP contribution in [-0.4, -0.2) is 26.8 Å². The predicted octanol–water partition coefficient (Wildman–Crippen LogP) is -0.807. The second kappa shape index (κ2) is 2.54. The van der Waals surface area contributed by atoms with E-state index in [4.69, 9.17) is 5.73 Å². The number of aromatic nitrogens is 4. The van der Waals surface area contributed by atoms with E-state index in [1.54, 1.807) is 11.0 Å². The van der Waals surface area contributed by atoms with Crippen LogP contribution in [0.15, 0.2) is 6.33 Å². The fourth-order valence-electron chi connectivity index (χ4n) is 0.478. The fraction of sp³-hybridized carbons (Fsp3) is 0.750. The Morgan fingerprint density at radius 1 is 1.78 bits per heavy atom. The third-order valence-corrected chi connectivity index (χ3v) is 1.16. The molecule has 0 saturated carbocycles. The molecule has 0 radical (unpaired) electrons. The molecule has 0 amide bonds. The minimum Gasteiger partial charge on any atom is -0.328 e. The van der Waals surface area contributed by atoms with Crippen LogP contribution in [0.3, 0.4) is 0 Å². The van der Waals surface area contributed by atoms with Crippen molar-refractivity contribution in [3.05, 3.63) is 6.33 Å². The zero-order valence-electron chi connectivity index (χ0n) is 5.23. The van der Waals surface area contributed by atoms with Crippen molar-refractivity contribution in [3.63, 3.8) is 0 Å². The SMILES string of the molecule is CC(CN)n1cnnn1. The molecule has 0 spiro atoms. The van der Waals surface area contributed by atoms with Crippen LogP contribution in [0.5, 0.6) is 0 Å². The second-order valence-corrected chi connectivity index (χ2v) is 1.87. The average molecular weight is 127 g/mol. The third kappa shape index (κ3) is 1.23. The fourth-order valence-corrected chi connectivity index (χ4v) is 0.478. The smallest absolute Gasteiger partial charge is 0.138 e. The molecule has 5 heteroatoms. The Hall–Kier alpha value is -0.970. The van der Waals surface area contributed by atoms with Gasteiger partial charge in [-0.05, 0) is 17.4 Å². The number of hydrogen-bond donors (Lipinski definition) is 1. The molecule has 1 atom stereocenters. The topological polar surface area (TPSA) is 69.6 Å². The summed E-state index contributed by atoms with van der Waals surface area (Å²) < 4.78 is 1.62. The molecule has 1 aromatic rings. The van der Waals surface area contributed by atoms with Gasteiger partial charge >= 0.3 is 0 Å². The molecule has 1 unspecified atom stereocenters. The van der Waals surface area contributed by atoms with Gasteiger partial charge in [0.25, 0.3) is 0 Å². The first-order valence-electron chi connectivity index (χ1n) is 2.77. The third-order valence-electron chi connectivity index (χ3n) is 1.16. The van der Waals surface area contributed by atoms with Crippen molar-refractivity contribution in [2.24, 2.45) is 5.73 Å². The molecular weight excluding hydrogens is 118 g/mol. The first kappa shape index (κ1) is 6.15. The van der Waals surface area contributed by atoms with Crippen molar-refractivity contribution < 1.29 is 0 Å². The van der Waals surface area contributed by atoms with Gasteiger partial charge in [0.05, 0.1) is 6.04 Å². The van der Waals surface area contributed by atoms with Gasteiger partial charge in [-0.1, -0.05) is 0 Å². The Bertz CT molecular complexity index is 157. The molecule has 0 aliphatic rings. The van der Waals surface area contributed by atoms with E-state index in [2.05, 4.69) is 15.5 Å². The van der Waals surface area contributed by atoms with Gasteiger partial charge in [0.2, 0.25) is 0 Å². The van der Waals surface area contributed by atoms with E-state index < -0.39 is 0 Å². The Morgan fingerprint density at radius 2 is 2.56 bits per heavy atom. The summed E-state index contributed by atoms with van der Waals surface area (Å²) in [5, 5.41) is 10.6. The van der Waals surface area contributed by atoms with E-state index in [9.17, 15) is 0 Å². The Balaban J connectivity index is 2.65. The van der Waals surface area contributed by atoms with Crippen LogP contribution >= 0.6 is 0 Å². The summed E-state index contributed by atoms with van der Waals surface area (Å²) in [6.07, 6.45) is 1.55. The lowest BCUT2D eigenvalue weighted by Gasteiger charge is -2.04. The van der Waals surface area contributed by atoms with Gasteiger partial charge in [-0.15, -0.1) is 5.10 Å². The maximum atomic E-state index is 5.35. The number of nitrogens with two attached hydrogens (primary N) is 1. The van der Waals surface area contributed by atoms with E-state index in [1.165, 1.54) is 0 Å².